The molecule has 0 fully saturated rings. The zero-order chi connectivity index (χ0) is 11.4. The molecule has 0 atom stereocenters. The highest BCUT2D eigenvalue weighted by atomic mass is 15.2. The largest absolute Gasteiger partial charge is 0.301 e. The van der Waals surface area contributed by atoms with E-state index in [0.717, 1.165) is 0 Å². The van der Waals surface area contributed by atoms with Crippen molar-refractivity contribution in [2.45, 2.75) is 66.3 Å². The van der Waals surface area contributed by atoms with Crippen molar-refractivity contribution in [1.29, 1.82) is 0 Å². The molecule has 1 heteroatoms. The molecule has 0 unspecified atom stereocenters. The van der Waals surface area contributed by atoms with E-state index >= 15 is 0 Å². The molecule has 86 valence electrons. The Bertz CT molecular complexity index is 153. The van der Waals surface area contributed by atoms with Crippen LogP contribution in [0.25, 0.3) is 0 Å². The molecule has 0 aliphatic heterocycles. The molecule has 1 nitrogen and oxygen atoms in total. The van der Waals surface area contributed by atoms with Gasteiger partial charge < -0.3 is 4.90 Å². The zero-order valence-electron chi connectivity index (χ0n) is 11.3. The molecule has 0 amide bonds. The van der Waals surface area contributed by atoms with E-state index in [-0.39, 0.29) is 0 Å². The number of nitrogens with zero attached hydrogens (tertiary/aromatic N) is 1. The van der Waals surface area contributed by atoms with Crippen molar-refractivity contribution in [3.63, 3.8) is 0 Å². The zero-order valence-corrected chi connectivity index (χ0v) is 11.3. The van der Waals surface area contributed by atoms with Gasteiger partial charge in [-0.1, -0.05) is 34.1 Å². The predicted molar refractivity (Wildman–Crippen MR) is 65.7 cm³/mol. The first-order chi connectivity index (χ1) is 6.19. The van der Waals surface area contributed by atoms with Crippen LogP contribution < -0.4 is 0 Å². The van der Waals surface area contributed by atoms with Gasteiger partial charge in [-0.05, 0) is 45.7 Å². The van der Waals surface area contributed by atoms with Crippen molar-refractivity contribution in [2.24, 2.45) is 5.41 Å². The predicted octanol–water partition coefficient (Wildman–Crippen LogP) is 3.93. The third kappa shape index (κ3) is 5.64. The summed E-state index contributed by atoms with van der Waals surface area (Å²) in [4.78, 5) is 2.50. The van der Waals surface area contributed by atoms with Gasteiger partial charge in [-0.3, -0.25) is 0 Å². The fourth-order valence-electron chi connectivity index (χ4n) is 2.13. The van der Waals surface area contributed by atoms with E-state index in [9.17, 15) is 0 Å². The van der Waals surface area contributed by atoms with Gasteiger partial charge in [-0.2, -0.15) is 0 Å². The lowest BCUT2D eigenvalue weighted by atomic mass is 9.81. The van der Waals surface area contributed by atoms with E-state index in [1.807, 2.05) is 0 Å². The lowest BCUT2D eigenvalue weighted by Crippen LogP contribution is -2.44. The van der Waals surface area contributed by atoms with E-state index in [1.54, 1.807) is 0 Å². The lowest BCUT2D eigenvalue weighted by molar-refractivity contribution is 0.102. The number of unbranched alkanes of at least 4 members (excludes halogenated alkanes) is 1. The summed E-state index contributed by atoms with van der Waals surface area (Å²) in [6, 6.07) is 0. The van der Waals surface area contributed by atoms with E-state index in [1.165, 1.54) is 25.8 Å². The third-order valence-electron chi connectivity index (χ3n) is 2.84. The Kier molecular flexibility index (Phi) is 5.14. The van der Waals surface area contributed by atoms with Crippen LogP contribution in [-0.2, 0) is 0 Å². The molecule has 0 heterocycles. The average molecular weight is 199 g/mol. The van der Waals surface area contributed by atoms with Crippen molar-refractivity contribution < 1.29 is 0 Å². The van der Waals surface area contributed by atoms with Gasteiger partial charge in [0.25, 0.3) is 0 Å². The van der Waals surface area contributed by atoms with Crippen LogP contribution in [0.1, 0.15) is 60.8 Å². The highest BCUT2D eigenvalue weighted by Gasteiger charge is 2.28. The van der Waals surface area contributed by atoms with E-state index in [4.69, 9.17) is 0 Å². The van der Waals surface area contributed by atoms with Crippen LogP contribution in [0, 0.1) is 5.41 Å². The Morgan fingerprint density at radius 1 is 1.00 bits per heavy atom. The minimum Gasteiger partial charge on any atom is -0.301 e. The number of hydrogen-bond donors (Lipinski definition) is 0. The first-order valence-corrected chi connectivity index (χ1v) is 5.90. The van der Waals surface area contributed by atoms with Gasteiger partial charge in [0, 0.05) is 5.54 Å². The van der Waals surface area contributed by atoms with Gasteiger partial charge in [0.1, 0.15) is 0 Å². The molecule has 0 aromatic heterocycles. The van der Waals surface area contributed by atoms with Crippen LogP contribution in [0.15, 0.2) is 0 Å². The molecule has 14 heavy (non-hydrogen) atoms. The molecule has 0 spiro atoms. The second-order valence-corrected chi connectivity index (χ2v) is 6.32. The van der Waals surface area contributed by atoms with Gasteiger partial charge >= 0.3 is 0 Å². The monoisotopic (exact) mass is 199 g/mol. The topological polar surface area (TPSA) is 3.24 Å². The van der Waals surface area contributed by atoms with Crippen LogP contribution in [0.5, 0.6) is 0 Å². The molecular formula is C13H29N. The number of rotatable bonds is 5. The Balaban J connectivity index is 4.15. The first kappa shape index (κ1) is 14.0. The van der Waals surface area contributed by atoms with Gasteiger partial charge in [-0.15, -0.1) is 0 Å². The fourth-order valence-corrected chi connectivity index (χ4v) is 2.13. The summed E-state index contributed by atoms with van der Waals surface area (Å²) in [5.74, 6) is 0. The highest BCUT2D eigenvalue weighted by Crippen LogP contribution is 2.30. The summed E-state index contributed by atoms with van der Waals surface area (Å²) >= 11 is 0. The van der Waals surface area contributed by atoms with Crippen LogP contribution in [0.2, 0.25) is 0 Å². The second-order valence-electron chi connectivity index (χ2n) is 6.32. The molecule has 0 aliphatic carbocycles. The molecule has 0 aliphatic rings. The fraction of sp³-hybridized carbons (Fsp3) is 1.00. The van der Waals surface area contributed by atoms with Gasteiger partial charge in [-0.25, -0.2) is 0 Å². The maximum absolute atomic E-state index is 2.50. The van der Waals surface area contributed by atoms with Gasteiger partial charge in [0.2, 0.25) is 0 Å². The molecule has 0 N–H and O–H groups in total. The quantitative estimate of drug-likeness (QED) is 0.648. The minimum atomic E-state index is 0.327. The Morgan fingerprint density at radius 3 is 1.86 bits per heavy atom. The minimum absolute atomic E-state index is 0.327. The summed E-state index contributed by atoms with van der Waals surface area (Å²) in [5.41, 5.74) is 0.747. The van der Waals surface area contributed by atoms with Crippen molar-refractivity contribution in [1.82, 2.24) is 4.90 Å². The Morgan fingerprint density at radius 2 is 1.50 bits per heavy atom. The second kappa shape index (κ2) is 5.16. The maximum Gasteiger partial charge on any atom is 0.0155 e. The molecule has 0 saturated carbocycles. The average Bonchev–Trinajstić information content (AvgIpc) is 1.95. The summed E-state index contributed by atoms with van der Waals surface area (Å²) in [5, 5.41) is 0. The summed E-state index contributed by atoms with van der Waals surface area (Å²) in [6.45, 7) is 15.2. The summed E-state index contributed by atoms with van der Waals surface area (Å²) in [6.07, 6.45) is 3.85. The van der Waals surface area contributed by atoms with Crippen molar-refractivity contribution in [3.8, 4) is 0 Å². The van der Waals surface area contributed by atoms with Crippen molar-refractivity contribution in [2.75, 3.05) is 13.6 Å². The Labute approximate surface area is 90.9 Å². The molecule has 0 radical (unpaired) electrons. The first-order valence-electron chi connectivity index (χ1n) is 5.90. The highest BCUT2D eigenvalue weighted by molar-refractivity contribution is 4.84. The summed E-state index contributed by atoms with van der Waals surface area (Å²) < 4.78 is 0. The van der Waals surface area contributed by atoms with Crippen LogP contribution in [0.3, 0.4) is 0 Å². The van der Waals surface area contributed by atoms with Gasteiger partial charge in [0.05, 0.1) is 0 Å². The molecule has 0 aromatic rings. The molecule has 0 saturated heterocycles. The maximum atomic E-state index is 2.50. The van der Waals surface area contributed by atoms with Crippen LogP contribution >= 0.6 is 0 Å². The van der Waals surface area contributed by atoms with Crippen LogP contribution in [-0.4, -0.2) is 24.0 Å². The van der Waals surface area contributed by atoms with Crippen LogP contribution in [0.4, 0.5) is 0 Å². The van der Waals surface area contributed by atoms with Crippen molar-refractivity contribution >= 4 is 0 Å². The smallest absolute Gasteiger partial charge is 0.0155 e. The standard InChI is InChI=1S/C13H29N/c1-8-9-10-14(7)13(5,6)11-12(2,3)4/h8-11H2,1-7H3. The van der Waals surface area contributed by atoms with Gasteiger partial charge in [0.15, 0.2) is 0 Å². The molecular weight excluding hydrogens is 170 g/mol. The van der Waals surface area contributed by atoms with E-state index in [0.29, 0.717) is 11.0 Å². The lowest BCUT2D eigenvalue weighted by Gasteiger charge is -2.40. The molecule has 0 rings (SSSR count). The van der Waals surface area contributed by atoms with Crippen molar-refractivity contribution in [3.05, 3.63) is 0 Å². The number of hydrogen-bond acceptors (Lipinski definition) is 1. The normalized spacial score (nSPS) is 13.7. The molecule has 0 bridgehead atoms. The van der Waals surface area contributed by atoms with E-state index < -0.39 is 0 Å². The summed E-state index contributed by atoms with van der Waals surface area (Å²) in [7, 11) is 2.25. The van der Waals surface area contributed by atoms with E-state index in [2.05, 4.69) is 53.5 Å². The molecule has 0 aromatic carbocycles. The Hall–Kier alpha value is -0.0400. The third-order valence-corrected chi connectivity index (χ3v) is 2.84. The SMILES string of the molecule is CCCCN(C)C(C)(C)CC(C)(C)C.